The molecule has 1 aromatic heterocycles. The summed E-state index contributed by atoms with van der Waals surface area (Å²) in [4.78, 5) is 3.42. The Morgan fingerprint density at radius 1 is 1.09 bits per heavy atom. The first kappa shape index (κ1) is 24.1. The molecule has 0 bridgehead atoms. The lowest BCUT2D eigenvalue weighted by Gasteiger charge is -2.28. The predicted molar refractivity (Wildman–Crippen MR) is 107 cm³/mol. The molecule has 5 nitrogen and oxygen atoms in total. The smallest absolute Gasteiger partial charge is 0.331 e. The van der Waals surface area contributed by atoms with Crippen LogP contribution in [0.1, 0.15) is 17.0 Å². The fourth-order valence-corrected chi connectivity index (χ4v) is 4.60. The third-order valence-corrected chi connectivity index (χ3v) is 7.24. The zero-order chi connectivity index (χ0) is 23.9. The summed E-state index contributed by atoms with van der Waals surface area (Å²) in [5.74, 6) is -2.25. The van der Waals surface area contributed by atoms with Crippen molar-refractivity contribution in [1.29, 1.82) is 0 Å². The molecule has 0 spiro atoms. The van der Waals surface area contributed by atoms with Crippen LogP contribution < -0.4 is 4.67 Å². The van der Waals surface area contributed by atoms with Crippen molar-refractivity contribution in [2.75, 3.05) is 18.4 Å². The molecule has 0 radical (unpaired) electrons. The quantitative estimate of drug-likeness (QED) is 0.215. The van der Waals surface area contributed by atoms with E-state index >= 15 is 0 Å². The van der Waals surface area contributed by atoms with Gasteiger partial charge in [0.1, 0.15) is 5.82 Å². The first-order valence-electron chi connectivity index (χ1n) is 8.86. The Labute approximate surface area is 183 Å². The van der Waals surface area contributed by atoms with Gasteiger partial charge in [0.05, 0.1) is 5.56 Å². The summed E-state index contributed by atoms with van der Waals surface area (Å²) in [5.41, 5.74) is -0.505. The lowest BCUT2D eigenvalue weighted by Crippen LogP contribution is -2.15. The normalized spacial score (nSPS) is 14.3. The molecule has 0 aliphatic carbocycles. The van der Waals surface area contributed by atoms with Gasteiger partial charge in [0.15, 0.2) is 7.29 Å². The Bertz CT molecular complexity index is 1160. The van der Waals surface area contributed by atoms with Crippen LogP contribution in [-0.2, 0) is 22.3 Å². The summed E-state index contributed by atoms with van der Waals surface area (Å²) < 4.78 is 97.7. The monoisotopic (exact) mass is 497 g/mol. The van der Waals surface area contributed by atoms with Crippen molar-refractivity contribution in [2.24, 2.45) is 0 Å². The van der Waals surface area contributed by atoms with Gasteiger partial charge in [-0.1, -0.05) is 17.3 Å². The minimum atomic E-state index is -4.50. The topological polar surface area (TPSA) is 59.2 Å². The Balaban J connectivity index is 1.80. The summed E-state index contributed by atoms with van der Waals surface area (Å²) in [6, 6.07) is 7.68. The molecule has 0 amide bonds. The molecule has 3 rings (SSSR count). The molecule has 32 heavy (non-hydrogen) atoms. The number of anilines is 1. The average molecular weight is 498 g/mol. The maximum absolute atomic E-state index is 14.6. The Morgan fingerprint density at radius 2 is 1.72 bits per heavy atom. The summed E-state index contributed by atoms with van der Waals surface area (Å²) in [6.07, 6.45) is -4.75. The van der Waals surface area contributed by atoms with Crippen LogP contribution in [0.25, 0.3) is 11.4 Å². The molecule has 13 heteroatoms. The van der Waals surface area contributed by atoms with E-state index in [2.05, 4.69) is 14.7 Å². The van der Waals surface area contributed by atoms with Crippen LogP contribution in [0.4, 0.5) is 32.0 Å². The molecule has 3 aromatic rings. The van der Waals surface area contributed by atoms with Crippen molar-refractivity contribution < 1.29 is 35.4 Å². The maximum Gasteiger partial charge on any atom is 0.416 e. The number of benzene rings is 2. The van der Waals surface area contributed by atoms with E-state index < -0.39 is 36.1 Å². The second-order valence-electron chi connectivity index (χ2n) is 7.00. The van der Waals surface area contributed by atoms with Gasteiger partial charge in [-0.25, -0.2) is 4.39 Å². The predicted octanol–water partition coefficient (Wildman–Crippen LogP) is 6.73. The third-order valence-electron chi connectivity index (χ3n) is 4.65. The van der Waals surface area contributed by atoms with Crippen LogP contribution in [0.5, 0.6) is 0 Å². The minimum absolute atomic E-state index is 0.0317. The maximum atomic E-state index is 14.6. The van der Waals surface area contributed by atoms with Crippen LogP contribution in [0.3, 0.4) is 0 Å². The van der Waals surface area contributed by atoms with Crippen molar-refractivity contribution in [3.63, 3.8) is 0 Å². The first-order chi connectivity index (χ1) is 14.7. The van der Waals surface area contributed by atoms with E-state index in [1.54, 1.807) is 0 Å². The van der Waals surface area contributed by atoms with E-state index in [1.807, 2.05) is 0 Å². The highest BCUT2D eigenvalue weighted by Gasteiger charge is 2.36. The standard InChI is InChI=1S/C19H15ClF6N3O2P/c1-29(14-7-5-13(6-8-14)19(24,25)26)32(2,30)10-12-4-3-11(9-15(12)21)16-27-17(31-28-16)18(20,22)23/h3-9H,10H2,1-2H3. The van der Waals surface area contributed by atoms with E-state index in [0.717, 1.165) is 18.2 Å². The van der Waals surface area contributed by atoms with Gasteiger partial charge in [-0.2, -0.15) is 26.9 Å². The molecular formula is C19H15ClF6N3O2P. The van der Waals surface area contributed by atoms with Gasteiger partial charge in [-0.05, 0) is 47.5 Å². The summed E-state index contributed by atoms with van der Waals surface area (Å²) >= 11 is 4.80. The second kappa shape index (κ2) is 8.44. The fourth-order valence-electron chi connectivity index (χ4n) is 2.80. The van der Waals surface area contributed by atoms with Crippen LogP contribution in [0, 0.1) is 5.82 Å². The van der Waals surface area contributed by atoms with E-state index in [4.69, 9.17) is 11.6 Å². The highest BCUT2D eigenvalue weighted by Crippen LogP contribution is 2.51. The summed E-state index contributed by atoms with van der Waals surface area (Å²) in [5, 5.41) is -0.543. The van der Waals surface area contributed by atoms with Gasteiger partial charge >= 0.3 is 17.4 Å². The molecule has 1 atom stereocenters. The molecule has 0 aliphatic rings. The molecule has 0 aliphatic heterocycles. The van der Waals surface area contributed by atoms with E-state index in [0.29, 0.717) is 0 Å². The molecular weight excluding hydrogens is 483 g/mol. The molecule has 0 fully saturated rings. The number of hydrogen-bond donors (Lipinski definition) is 0. The van der Waals surface area contributed by atoms with Crippen LogP contribution >= 0.6 is 18.9 Å². The average Bonchev–Trinajstić information content (AvgIpc) is 3.19. The molecule has 1 unspecified atom stereocenters. The van der Waals surface area contributed by atoms with Crippen molar-refractivity contribution in [2.45, 2.75) is 17.7 Å². The second-order valence-corrected chi connectivity index (χ2v) is 10.5. The Hall–Kier alpha value is -2.52. The van der Waals surface area contributed by atoms with Gasteiger partial charge in [-0.3, -0.25) is 0 Å². The lowest BCUT2D eigenvalue weighted by atomic mass is 10.1. The first-order valence-corrected chi connectivity index (χ1v) is 11.5. The van der Waals surface area contributed by atoms with E-state index in [9.17, 15) is 30.9 Å². The lowest BCUT2D eigenvalue weighted by molar-refractivity contribution is -0.137. The Kier molecular flexibility index (Phi) is 6.36. The number of hydrogen-bond acceptors (Lipinski definition) is 4. The van der Waals surface area contributed by atoms with Crippen molar-refractivity contribution in [3.8, 4) is 11.4 Å². The molecule has 0 saturated heterocycles. The minimum Gasteiger partial charge on any atom is -0.331 e. The SMILES string of the molecule is CN(c1ccc(C(F)(F)F)cc1)P(C)(=O)Cc1ccc(-c2noc(C(F)(F)Cl)n2)cc1F. The highest BCUT2D eigenvalue weighted by atomic mass is 35.5. The molecule has 2 aromatic carbocycles. The molecule has 0 N–H and O–H groups in total. The largest absolute Gasteiger partial charge is 0.416 e. The Morgan fingerprint density at radius 3 is 2.22 bits per heavy atom. The number of nitrogens with zero attached hydrogens (tertiary/aromatic N) is 3. The molecule has 172 valence electrons. The zero-order valence-electron chi connectivity index (χ0n) is 16.5. The highest BCUT2D eigenvalue weighted by molar-refractivity contribution is 7.64. The van der Waals surface area contributed by atoms with Crippen LogP contribution in [0.15, 0.2) is 47.0 Å². The van der Waals surface area contributed by atoms with Gasteiger partial charge in [0.2, 0.25) is 5.82 Å². The van der Waals surface area contributed by atoms with Crippen LogP contribution in [0.2, 0.25) is 0 Å². The van der Waals surface area contributed by atoms with Gasteiger partial charge in [-0.15, -0.1) is 0 Å². The summed E-state index contributed by atoms with van der Waals surface area (Å²) in [6.45, 7) is 1.37. The fraction of sp³-hybridized carbons (Fsp3) is 0.263. The molecule has 0 saturated carbocycles. The van der Waals surface area contributed by atoms with Gasteiger partial charge < -0.3 is 13.8 Å². The van der Waals surface area contributed by atoms with Crippen molar-refractivity contribution >= 4 is 24.6 Å². The number of rotatable bonds is 6. The van der Waals surface area contributed by atoms with Crippen molar-refractivity contribution in [1.82, 2.24) is 10.1 Å². The van der Waals surface area contributed by atoms with Gasteiger partial charge in [0.25, 0.3) is 0 Å². The van der Waals surface area contributed by atoms with Gasteiger partial charge in [0, 0.05) is 31.1 Å². The zero-order valence-corrected chi connectivity index (χ0v) is 18.2. The van der Waals surface area contributed by atoms with E-state index in [-0.39, 0.29) is 28.8 Å². The summed E-state index contributed by atoms with van der Waals surface area (Å²) in [7, 11) is -1.84. The number of alkyl halides is 6. The third kappa shape index (κ3) is 5.27. The van der Waals surface area contributed by atoms with E-state index in [1.165, 1.54) is 42.6 Å². The number of halogens is 7. The van der Waals surface area contributed by atoms with Crippen LogP contribution in [-0.4, -0.2) is 23.9 Å². The number of aromatic nitrogens is 2. The van der Waals surface area contributed by atoms with Crippen molar-refractivity contribution in [3.05, 3.63) is 65.3 Å². The molecule has 1 heterocycles.